The average Bonchev–Trinajstić information content (AvgIpc) is 2.46. The number of hydrogen-bond acceptors (Lipinski definition) is 2. The van der Waals surface area contributed by atoms with Gasteiger partial charge >= 0.3 is 0 Å². The topological polar surface area (TPSA) is 32.3 Å². The molecular weight excluding hydrogens is 248 g/mol. The maximum absolute atomic E-state index is 12.1. The highest BCUT2D eigenvalue weighted by Crippen LogP contribution is 1.93. The lowest BCUT2D eigenvalue weighted by Crippen LogP contribution is -2.35. The zero-order valence-electron chi connectivity index (χ0n) is 12.5. The fraction of sp³-hybridized carbons (Fsp3) is 0.353. The second-order valence-corrected chi connectivity index (χ2v) is 4.60. The molecule has 1 N–H and O–H groups in total. The zero-order chi connectivity index (χ0) is 15.0. The number of allylic oxidation sites excluding steroid dienone is 1. The summed E-state index contributed by atoms with van der Waals surface area (Å²) in [5.41, 5.74) is 0.657. The summed E-state index contributed by atoms with van der Waals surface area (Å²) < 4.78 is 0. The highest BCUT2D eigenvalue weighted by molar-refractivity contribution is 5.94. The first-order valence-corrected chi connectivity index (χ1v) is 7.04. The largest absolute Gasteiger partial charge is 0.351 e. The lowest BCUT2D eigenvalue weighted by atomic mass is 10.1. The van der Waals surface area contributed by atoms with Crippen LogP contribution >= 0.6 is 0 Å². The van der Waals surface area contributed by atoms with Crippen LogP contribution in [0.3, 0.4) is 0 Å². The van der Waals surface area contributed by atoms with Crippen LogP contribution in [0.25, 0.3) is 12.7 Å². The van der Waals surface area contributed by atoms with Crippen LogP contribution in [0.1, 0.15) is 24.2 Å². The average molecular weight is 272 g/mol. The third-order valence-corrected chi connectivity index (χ3v) is 3.31. The Morgan fingerprint density at radius 1 is 1.35 bits per heavy atom. The molecule has 1 aromatic rings. The summed E-state index contributed by atoms with van der Waals surface area (Å²) in [5, 5.41) is 4.77. The minimum absolute atomic E-state index is 0.0455. The second kappa shape index (κ2) is 8.33. The monoisotopic (exact) mass is 272 g/mol. The second-order valence-electron chi connectivity index (χ2n) is 4.60. The van der Waals surface area contributed by atoms with E-state index in [1.807, 2.05) is 18.2 Å². The lowest BCUT2D eigenvalue weighted by molar-refractivity contribution is 0.0949. The first-order valence-electron chi connectivity index (χ1n) is 7.04. The van der Waals surface area contributed by atoms with E-state index in [2.05, 4.69) is 37.2 Å². The Hall–Kier alpha value is -1.87. The van der Waals surface area contributed by atoms with Crippen LogP contribution in [0, 0.1) is 0 Å². The molecule has 108 valence electrons. The van der Waals surface area contributed by atoms with Crippen molar-refractivity contribution in [3.05, 3.63) is 46.9 Å². The number of carbonyl (C=O) groups is 1. The molecule has 0 aliphatic carbocycles. The number of benzene rings is 1. The van der Waals surface area contributed by atoms with Crippen molar-refractivity contribution < 1.29 is 4.79 Å². The van der Waals surface area contributed by atoms with Crippen LogP contribution in [0.2, 0.25) is 0 Å². The summed E-state index contributed by atoms with van der Waals surface area (Å²) >= 11 is 0. The van der Waals surface area contributed by atoms with Crippen LogP contribution in [0.5, 0.6) is 0 Å². The van der Waals surface area contributed by atoms with Crippen molar-refractivity contribution in [1.29, 1.82) is 0 Å². The van der Waals surface area contributed by atoms with E-state index >= 15 is 0 Å². The Morgan fingerprint density at radius 3 is 2.65 bits per heavy atom. The summed E-state index contributed by atoms with van der Waals surface area (Å²) in [7, 11) is 0. The Balaban J connectivity index is 2.69. The zero-order valence-corrected chi connectivity index (χ0v) is 12.5. The smallest absolute Gasteiger partial charge is 0.251 e. The van der Waals surface area contributed by atoms with Gasteiger partial charge in [0.2, 0.25) is 0 Å². The van der Waals surface area contributed by atoms with Gasteiger partial charge in [0.1, 0.15) is 0 Å². The minimum atomic E-state index is -0.0455. The fourth-order valence-corrected chi connectivity index (χ4v) is 1.99. The van der Waals surface area contributed by atoms with E-state index in [1.54, 1.807) is 12.1 Å². The molecular formula is C17H24N2O. The van der Waals surface area contributed by atoms with Crippen molar-refractivity contribution in [3.63, 3.8) is 0 Å². The Bertz CT molecular complexity index is 559. The molecule has 0 unspecified atom stereocenters. The van der Waals surface area contributed by atoms with Gasteiger partial charge in [-0.1, -0.05) is 45.2 Å². The fourth-order valence-electron chi connectivity index (χ4n) is 1.99. The molecule has 0 radical (unpaired) electrons. The van der Waals surface area contributed by atoms with E-state index < -0.39 is 0 Å². The number of amides is 1. The number of nitrogens with zero attached hydrogens (tertiary/aromatic N) is 1. The van der Waals surface area contributed by atoms with E-state index in [4.69, 9.17) is 0 Å². The highest BCUT2D eigenvalue weighted by atomic mass is 16.1. The van der Waals surface area contributed by atoms with Crippen LogP contribution in [0.15, 0.2) is 30.9 Å². The lowest BCUT2D eigenvalue weighted by Gasteiger charge is -2.17. The normalized spacial score (nSPS) is 11.7. The van der Waals surface area contributed by atoms with Gasteiger partial charge in [-0.2, -0.15) is 0 Å². The maximum Gasteiger partial charge on any atom is 0.251 e. The SMILES string of the molecule is C=C/C=c1/cc(C(=O)NCCN(CC)CC)ccc1=C. The molecule has 0 bridgehead atoms. The number of rotatable bonds is 7. The summed E-state index contributed by atoms with van der Waals surface area (Å²) in [6, 6.07) is 5.50. The highest BCUT2D eigenvalue weighted by Gasteiger charge is 2.05. The predicted molar refractivity (Wildman–Crippen MR) is 86.0 cm³/mol. The molecule has 0 aromatic heterocycles. The number of nitrogens with one attached hydrogen (secondary N) is 1. The first kappa shape index (κ1) is 16.2. The van der Waals surface area contributed by atoms with Gasteiger partial charge < -0.3 is 10.2 Å². The summed E-state index contributed by atoms with van der Waals surface area (Å²) in [5.74, 6) is -0.0455. The third kappa shape index (κ3) is 4.67. The predicted octanol–water partition coefficient (Wildman–Crippen LogP) is 1.13. The molecule has 3 heteroatoms. The number of carbonyl (C=O) groups excluding carboxylic acids is 1. The Morgan fingerprint density at radius 2 is 2.05 bits per heavy atom. The van der Waals surface area contributed by atoms with Crippen molar-refractivity contribution in [2.45, 2.75) is 13.8 Å². The first-order chi connectivity index (χ1) is 9.62. The molecule has 3 nitrogen and oxygen atoms in total. The Labute approximate surface area is 121 Å². The van der Waals surface area contributed by atoms with Crippen molar-refractivity contribution in [3.8, 4) is 0 Å². The molecule has 0 aliphatic heterocycles. The maximum atomic E-state index is 12.1. The van der Waals surface area contributed by atoms with Gasteiger partial charge in [0.25, 0.3) is 5.91 Å². The van der Waals surface area contributed by atoms with Gasteiger partial charge in [0.05, 0.1) is 0 Å². The van der Waals surface area contributed by atoms with E-state index in [0.717, 1.165) is 30.1 Å². The molecule has 20 heavy (non-hydrogen) atoms. The summed E-state index contributed by atoms with van der Waals surface area (Å²) in [4.78, 5) is 14.4. The van der Waals surface area contributed by atoms with Gasteiger partial charge in [-0.15, -0.1) is 0 Å². The molecule has 0 spiro atoms. The number of hydrogen-bond donors (Lipinski definition) is 1. The van der Waals surface area contributed by atoms with Crippen LogP contribution < -0.4 is 15.8 Å². The minimum Gasteiger partial charge on any atom is -0.351 e. The molecule has 0 saturated carbocycles. The quantitative estimate of drug-likeness (QED) is 0.807. The molecule has 0 atom stereocenters. The third-order valence-electron chi connectivity index (χ3n) is 3.31. The summed E-state index contributed by atoms with van der Waals surface area (Å²) in [6.07, 6.45) is 3.56. The van der Waals surface area contributed by atoms with Gasteiger partial charge in [-0.05, 0) is 35.7 Å². The molecule has 0 heterocycles. The summed E-state index contributed by atoms with van der Waals surface area (Å²) in [6.45, 7) is 15.4. The standard InChI is InChI=1S/C17H24N2O/c1-5-8-15-13-16(10-9-14(15)4)17(20)18-11-12-19(6-2)7-3/h5,8-10,13H,1,4,6-7,11-12H2,2-3H3,(H,18,20)/b15-8-. The molecule has 0 fully saturated rings. The van der Waals surface area contributed by atoms with Crippen LogP contribution in [0.4, 0.5) is 0 Å². The Kier molecular flexibility index (Phi) is 6.74. The van der Waals surface area contributed by atoms with Crippen molar-refractivity contribution in [1.82, 2.24) is 10.2 Å². The molecule has 0 saturated heterocycles. The molecule has 1 rings (SSSR count). The van der Waals surface area contributed by atoms with Crippen LogP contribution in [-0.4, -0.2) is 37.0 Å². The van der Waals surface area contributed by atoms with E-state index in [1.165, 1.54) is 0 Å². The van der Waals surface area contributed by atoms with Crippen molar-refractivity contribution >= 4 is 18.6 Å². The number of likely N-dealkylation sites (N-methyl/N-ethyl adjacent to an activating group) is 1. The van der Waals surface area contributed by atoms with Crippen molar-refractivity contribution in [2.75, 3.05) is 26.2 Å². The van der Waals surface area contributed by atoms with Gasteiger partial charge in [-0.25, -0.2) is 0 Å². The van der Waals surface area contributed by atoms with Gasteiger partial charge in [-0.3, -0.25) is 4.79 Å². The van der Waals surface area contributed by atoms with Crippen LogP contribution in [-0.2, 0) is 0 Å². The van der Waals surface area contributed by atoms with Crippen molar-refractivity contribution in [2.24, 2.45) is 0 Å². The molecule has 1 aromatic carbocycles. The van der Waals surface area contributed by atoms with E-state index in [-0.39, 0.29) is 5.91 Å². The molecule has 1 amide bonds. The van der Waals surface area contributed by atoms with E-state index in [9.17, 15) is 4.79 Å². The van der Waals surface area contributed by atoms with E-state index in [0.29, 0.717) is 12.1 Å². The van der Waals surface area contributed by atoms with Gasteiger partial charge in [0.15, 0.2) is 0 Å². The molecule has 0 aliphatic rings. The van der Waals surface area contributed by atoms with Gasteiger partial charge in [0, 0.05) is 18.7 Å².